The van der Waals surface area contributed by atoms with Gasteiger partial charge in [0.05, 0.1) is 12.3 Å². The minimum atomic E-state index is -0.567. The topological polar surface area (TPSA) is 38.7 Å². The molecular formula is C14H23NO2S. The maximum atomic E-state index is 11.6. The zero-order chi connectivity index (χ0) is 14.3. The summed E-state index contributed by atoms with van der Waals surface area (Å²) in [5.41, 5.74) is 1.00. The third-order valence-electron chi connectivity index (χ3n) is 2.03. The molecule has 0 saturated heterocycles. The normalized spacial score (nSPS) is 13.2. The van der Waals surface area contributed by atoms with E-state index in [4.69, 9.17) is 4.74 Å². The van der Waals surface area contributed by atoms with Gasteiger partial charge in [0.1, 0.15) is 0 Å². The molecular weight excluding hydrogens is 246 g/mol. The maximum absolute atomic E-state index is 11.6. The molecule has 0 bridgehead atoms. The van der Waals surface area contributed by atoms with Gasteiger partial charge in [-0.3, -0.25) is 0 Å². The number of hydrogen-bond donors (Lipinski definition) is 1. The van der Waals surface area contributed by atoms with Gasteiger partial charge in [-0.25, -0.2) is 4.79 Å². The average molecular weight is 269 g/mol. The van der Waals surface area contributed by atoms with Gasteiger partial charge in [0.15, 0.2) is 0 Å². The first-order valence-electron chi connectivity index (χ1n) is 5.94. The van der Waals surface area contributed by atoms with Gasteiger partial charge in [-0.15, -0.1) is 0 Å². The van der Waals surface area contributed by atoms with Gasteiger partial charge in [-0.2, -0.15) is 17.6 Å². The molecule has 0 unspecified atom stereocenters. The quantitative estimate of drug-likeness (QED) is 0.470. The molecule has 18 heavy (non-hydrogen) atoms. The molecule has 0 aromatic rings. The fourth-order valence-corrected chi connectivity index (χ4v) is 1.43. The molecule has 0 aliphatic rings. The van der Waals surface area contributed by atoms with Crippen molar-refractivity contribution in [2.45, 2.75) is 34.6 Å². The van der Waals surface area contributed by atoms with Crippen LogP contribution >= 0.6 is 12.6 Å². The largest absolute Gasteiger partial charge is 0.448 e. The van der Waals surface area contributed by atoms with Crippen LogP contribution in [0.2, 0.25) is 0 Å². The number of thiol groups is 1. The van der Waals surface area contributed by atoms with E-state index in [0.29, 0.717) is 23.8 Å². The van der Waals surface area contributed by atoms with Crippen molar-refractivity contribution in [1.29, 1.82) is 0 Å². The number of allylic oxidation sites excluding steroid dienone is 2. The van der Waals surface area contributed by atoms with Crippen molar-refractivity contribution in [2.24, 2.45) is 16.3 Å². The van der Waals surface area contributed by atoms with Crippen LogP contribution in [-0.2, 0) is 4.74 Å². The van der Waals surface area contributed by atoms with Crippen molar-refractivity contribution in [1.82, 2.24) is 0 Å². The van der Waals surface area contributed by atoms with Crippen LogP contribution in [0.4, 0.5) is 4.79 Å². The number of nitrogens with zero attached hydrogens (tertiary/aromatic N) is 1. The van der Waals surface area contributed by atoms with Crippen LogP contribution in [0.3, 0.4) is 0 Å². The Balaban J connectivity index is 4.98. The fraction of sp³-hybridized carbons (Fsp3) is 0.571. The van der Waals surface area contributed by atoms with Crippen molar-refractivity contribution < 1.29 is 9.53 Å². The second kappa shape index (κ2) is 7.41. The standard InChI is InChI=1S/C14H23NO2S/c1-10(2)9-17-13(16)15-12(14(4,5)6)11(3)7-8-18/h7-8,10,18H,3,9H2,1-2,4-6H3/b8-7-,15-12+. The van der Waals surface area contributed by atoms with Crippen LogP contribution < -0.4 is 0 Å². The van der Waals surface area contributed by atoms with E-state index in [1.165, 1.54) is 0 Å². The van der Waals surface area contributed by atoms with E-state index < -0.39 is 6.09 Å². The molecule has 0 aromatic carbocycles. The van der Waals surface area contributed by atoms with Crippen LogP contribution in [0.1, 0.15) is 34.6 Å². The third kappa shape index (κ3) is 6.64. The Labute approximate surface area is 115 Å². The van der Waals surface area contributed by atoms with Crippen molar-refractivity contribution in [3.8, 4) is 0 Å². The summed E-state index contributed by atoms with van der Waals surface area (Å²) in [5, 5.41) is 1.57. The van der Waals surface area contributed by atoms with Crippen LogP contribution in [0.25, 0.3) is 0 Å². The SMILES string of the molecule is C=C(/C=C\S)/C(=N\C(=O)OCC(C)C)C(C)(C)C. The van der Waals surface area contributed by atoms with E-state index in [9.17, 15) is 4.79 Å². The van der Waals surface area contributed by atoms with Crippen LogP contribution in [0.15, 0.2) is 28.6 Å². The Hall–Kier alpha value is -1.03. The molecule has 4 heteroatoms. The molecule has 3 nitrogen and oxygen atoms in total. The second-order valence-corrected chi connectivity index (χ2v) is 5.82. The van der Waals surface area contributed by atoms with Gasteiger partial charge in [0, 0.05) is 5.41 Å². The first-order chi connectivity index (χ1) is 8.18. The minimum Gasteiger partial charge on any atom is -0.448 e. The zero-order valence-electron chi connectivity index (χ0n) is 11.9. The predicted octanol–water partition coefficient (Wildman–Crippen LogP) is 4.27. The van der Waals surface area contributed by atoms with Gasteiger partial charge in [-0.1, -0.05) is 41.2 Å². The van der Waals surface area contributed by atoms with E-state index >= 15 is 0 Å². The van der Waals surface area contributed by atoms with E-state index in [0.717, 1.165) is 0 Å². The summed E-state index contributed by atoms with van der Waals surface area (Å²) < 4.78 is 5.05. The van der Waals surface area contributed by atoms with Crippen molar-refractivity contribution in [3.63, 3.8) is 0 Å². The molecule has 0 aliphatic heterocycles. The summed E-state index contributed by atoms with van der Waals surface area (Å²) in [6, 6.07) is 0. The van der Waals surface area contributed by atoms with E-state index in [2.05, 4.69) is 24.2 Å². The molecule has 0 aromatic heterocycles. The molecule has 0 rings (SSSR count). The first-order valence-corrected chi connectivity index (χ1v) is 6.46. The highest BCUT2D eigenvalue weighted by Crippen LogP contribution is 2.22. The molecule has 0 radical (unpaired) electrons. The Bertz CT molecular complexity index is 362. The second-order valence-electron chi connectivity index (χ2n) is 5.52. The highest BCUT2D eigenvalue weighted by atomic mass is 32.1. The van der Waals surface area contributed by atoms with Crippen molar-refractivity contribution in [3.05, 3.63) is 23.6 Å². The van der Waals surface area contributed by atoms with E-state index in [-0.39, 0.29) is 5.41 Å². The third-order valence-corrected chi connectivity index (χ3v) is 2.18. The summed E-state index contributed by atoms with van der Waals surface area (Å²) in [4.78, 5) is 15.6. The summed E-state index contributed by atoms with van der Waals surface area (Å²) in [6.45, 7) is 14.1. The van der Waals surface area contributed by atoms with Gasteiger partial charge in [-0.05, 0) is 23.0 Å². The van der Waals surface area contributed by atoms with Crippen LogP contribution in [0, 0.1) is 11.3 Å². The Morgan fingerprint density at radius 3 is 2.39 bits per heavy atom. The highest BCUT2D eigenvalue weighted by molar-refractivity contribution is 7.83. The molecule has 0 aliphatic carbocycles. The number of ether oxygens (including phenoxy) is 1. The van der Waals surface area contributed by atoms with E-state index in [1.54, 1.807) is 11.5 Å². The summed E-state index contributed by atoms with van der Waals surface area (Å²) in [5.74, 6) is 0.294. The summed E-state index contributed by atoms with van der Waals surface area (Å²) >= 11 is 4.00. The molecule has 0 spiro atoms. The summed E-state index contributed by atoms with van der Waals surface area (Å²) in [7, 11) is 0. The Morgan fingerprint density at radius 2 is 2.00 bits per heavy atom. The monoisotopic (exact) mass is 269 g/mol. The van der Waals surface area contributed by atoms with Gasteiger partial charge >= 0.3 is 6.09 Å². The fourth-order valence-electron chi connectivity index (χ4n) is 1.25. The van der Waals surface area contributed by atoms with E-state index in [1.807, 2.05) is 34.6 Å². The number of hydrogen-bond acceptors (Lipinski definition) is 3. The number of amides is 1. The highest BCUT2D eigenvalue weighted by Gasteiger charge is 2.22. The number of carbonyl (C=O) groups is 1. The van der Waals surface area contributed by atoms with Gasteiger partial charge in [0.25, 0.3) is 0 Å². The maximum Gasteiger partial charge on any atom is 0.433 e. The molecule has 0 saturated carbocycles. The molecule has 1 amide bonds. The number of aliphatic imine (C=N–C) groups is 1. The van der Waals surface area contributed by atoms with Gasteiger partial charge < -0.3 is 4.74 Å². The Morgan fingerprint density at radius 1 is 1.44 bits per heavy atom. The minimum absolute atomic E-state index is 0.277. The zero-order valence-corrected chi connectivity index (χ0v) is 12.8. The number of rotatable bonds is 4. The average Bonchev–Trinajstić information content (AvgIpc) is 2.21. The lowest BCUT2D eigenvalue weighted by Gasteiger charge is -2.21. The lowest BCUT2D eigenvalue weighted by Crippen LogP contribution is -2.23. The van der Waals surface area contributed by atoms with Crippen molar-refractivity contribution >= 4 is 24.4 Å². The smallest absolute Gasteiger partial charge is 0.433 e. The van der Waals surface area contributed by atoms with Gasteiger partial charge in [0.2, 0.25) is 0 Å². The van der Waals surface area contributed by atoms with Crippen molar-refractivity contribution in [2.75, 3.05) is 6.61 Å². The van der Waals surface area contributed by atoms with Crippen LogP contribution in [0.5, 0.6) is 0 Å². The first kappa shape index (κ1) is 17.0. The molecule has 0 N–H and O–H groups in total. The van der Waals surface area contributed by atoms with Crippen LogP contribution in [-0.4, -0.2) is 18.4 Å². The summed E-state index contributed by atoms with van der Waals surface area (Å²) in [6.07, 6.45) is 1.14. The lowest BCUT2D eigenvalue weighted by atomic mass is 9.86. The predicted molar refractivity (Wildman–Crippen MR) is 80.3 cm³/mol. The lowest BCUT2D eigenvalue weighted by molar-refractivity contribution is 0.143. The Kier molecular flexibility index (Phi) is 6.99. The molecule has 0 atom stereocenters. The molecule has 0 heterocycles. The number of carbonyl (C=O) groups excluding carboxylic acids is 1. The molecule has 102 valence electrons. The molecule has 0 fully saturated rings.